The average Bonchev–Trinajstić information content (AvgIpc) is 2.52. The van der Waals surface area contributed by atoms with E-state index in [1.807, 2.05) is 13.8 Å². The van der Waals surface area contributed by atoms with Crippen LogP contribution in [0.5, 0.6) is 0 Å². The van der Waals surface area contributed by atoms with Crippen LogP contribution in [0.4, 0.5) is 0 Å². The number of hydrogen-bond acceptors (Lipinski definition) is 4. The van der Waals surface area contributed by atoms with E-state index < -0.39 is 0 Å². The maximum Gasteiger partial charge on any atom is 0.165 e. The zero-order valence-corrected chi connectivity index (χ0v) is 8.73. The van der Waals surface area contributed by atoms with E-state index in [-0.39, 0.29) is 24.9 Å². The molecule has 0 radical (unpaired) electrons. The summed E-state index contributed by atoms with van der Waals surface area (Å²) in [6.07, 6.45) is 1.75. The van der Waals surface area contributed by atoms with Gasteiger partial charge in [0, 0.05) is 13.2 Å². The SMILES string of the molecule is COCC(=O)Cc1ncnn1C(C)C. The highest BCUT2D eigenvalue weighted by Crippen LogP contribution is 2.05. The first-order chi connectivity index (χ1) is 6.65. The van der Waals surface area contributed by atoms with Gasteiger partial charge in [-0.05, 0) is 13.8 Å². The van der Waals surface area contributed by atoms with E-state index in [9.17, 15) is 4.79 Å². The molecule has 1 aromatic heterocycles. The molecular formula is C9H15N3O2. The molecule has 0 saturated carbocycles. The van der Waals surface area contributed by atoms with Gasteiger partial charge in [-0.3, -0.25) is 4.79 Å². The lowest BCUT2D eigenvalue weighted by molar-refractivity contribution is -0.122. The Bertz CT molecular complexity index is 307. The number of carbonyl (C=O) groups is 1. The maximum atomic E-state index is 11.3. The molecule has 0 aliphatic carbocycles. The number of hydrogen-bond donors (Lipinski definition) is 0. The molecule has 5 nitrogen and oxygen atoms in total. The number of ketones is 1. The minimum atomic E-state index is 0.0161. The second kappa shape index (κ2) is 4.85. The van der Waals surface area contributed by atoms with Gasteiger partial charge in [0.05, 0.1) is 6.42 Å². The predicted octanol–water partition coefficient (Wildman–Crippen LogP) is 0.617. The van der Waals surface area contributed by atoms with E-state index in [4.69, 9.17) is 4.74 Å². The molecule has 1 heterocycles. The van der Waals surface area contributed by atoms with Crippen molar-refractivity contribution in [2.75, 3.05) is 13.7 Å². The highest BCUT2D eigenvalue weighted by Gasteiger charge is 2.11. The highest BCUT2D eigenvalue weighted by molar-refractivity contribution is 5.81. The molecular weight excluding hydrogens is 182 g/mol. The molecule has 78 valence electrons. The van der Waals surface area contributed by atoms with E-state index in [1.165, 1.54) is 13.4 Å². The summed E-state index contributed by atoms with van der Waals surface area (Å²) in [5, 5.41) is 4.04. The van der Waals surface area contributed by atoms with Crippen molar-refractivity contribution in [3.63, 3.8) is 0 Å². The standard InChI is InChI=1S/C9H15N3O2/c1-7(2)12-9(10-6-11-12)4-8(13)5-14-3/h6-7H,4-5H2,1-3H3. The van der Waals surface area contributed by atoms with Crippen LogP contribution in [0.15, 0.2) is 6.33 Å². The second-order valence-electron chi connectivity index (χ2n) is 3.36. The Labute approximate surface area is 83.1 Å². The van der Waals surface area contributed by atoms with Crippen LogP contribution in [-0.4, -0.2) is 34.3 Å². The average molecular weight is 197 g/mol. The first kappa shape index (κ1) is 10.8. The molecule has 1 rings (SSSR count). The van der Waals surface area contributed by atoms with E-state index >= 15 is 0 Å². The number of nitrogens with zero attached hydrogens (tertiary/aromatic N) is 3. The van der Waals surface area contributed by atoms with Gasteiger partial charge < -0.3 is 4.74 Å². The van der Waals surface area contributed by atoms with Crippen LogP contribution >= 0.6 is 0 Å². The lowest BCUT2D eigenvalue weighted by Gasteiger charge is -2.08. The van der Waals surface area contributed by atoms with Crippen molar-refractivity contribution >= 4 is 5.78 Å². The topological polar surface area (TPSA) is 57.0 Å². The van der Waals surface area contributed by atoms with Crippen molar-refractivity contribution in [1.82, 2.24) is 14.8 Å². The van der Waals surface area contributed by atoms with Crippen LogP contribution < -0.4 is 0 Å². The van der Waals surface area contributed by atoms with Gasteiger partial charge in [-0.2, -0.15) is 5.10 Å². The lowest BCUT2D eigenvalue weighted by atomic mass is 10.2. The third kappa shape index (κ3) is 2.63. The third-order valence-electron chi connectivity index (χ3n) is 1.80. The van der Waals surface area contributed by atoms with Gasteiger partial charge in [-0.25, -0.2) is 9.67 Å². The van der Waals surface area contributed by atoms with Crippen molar-refractivity contribution in [2.24, 2.45) is 0 Å². The molecule has 14 heavy (non-hydrogen) atoms. The number of carbonyl (C=O) groups excluding carboxylic acids is 1. The molecule has 0 unspecified atom stereocenters. The molecule has 0 spiro atoms. The van der Waals surface area contributed by atoms with Crippen LogP contribution in [-0.2, 0) is 16.0 Å². The molecule has 0 fully saturated rings. The minimum absolute atomic E-state index is 0.0161. The maximum absolute atomic E-state index is 11.3. The third-order valence-corrected chi connectivity index (χ3v) is 1.80. The van der Waals surface area contributed by atoms with Crippen molar-refractivity contribution < 1.29 is 9.53 Å². The molecule has 0 bridgehead atoms. The Balaban J connectivity index is 2.66. The fourth-order valence-corrected chi connectivity index (χ4v) is 1.22. The van der Waals surface area contributed by atoms with Gasteiger partial charge in [0.2, 0.25) is 0 Å². The van der Waals surface area contributed by atoms with E-state index in [1.54, 1.807) is 4.68 Å². The quantitative estimate of drug-likeness (QED) is 0.694. The molecule has 0 aliphatic rings. The first-order valence-corrected chi connectivity index (χ1v) is 4.54. The predicted molar refractivity (Wildman–Crippen MR) is 51.0 cm³/mol. The van der Waals surface area contributed by atoms with Gasteiger partial charge >= 0.3 is 0 Å². The fraction of sp³-hybridized carbons (Fsp3) is 0.667. The molecule has 0 aliphatic heterocycles. The van der Waals surface area contributed by atoms with Gasteiger partial charge in [0.1, 0.15) is 18.8 Å². The number of ether oxygens (including phenoxy) is 1. The summed E-state index contributed by atoms with van der Waals surface area (Å²) in [7, 11) is 1.51. The molecule has 0 saturated heterocycles. The lowest BCUT2D eigenvalue weighted by Crippen LogP contribution is -2.15. The summed E-state index contributed by atoms with van der Waals surface area (Å²) in [5.74, 6) is 0.712. The summed E-state index contributed by atoms with van der Waals surface area (Å²) in [5.41, 5.74) is 0. The van der Waals surface area contributed by atoms with E-state index in [0.717, 1.165) is 0 Å². The summed E-state index contributed by atoms with van der Waals surface area (Å²) >= 11 is 0. The van der Waals surface area contributed by atoms with Crippen molar-refractivity contribution in [1.29, 1.82) is 0 Å². The van der Waals surface area contributed by atoms with Crippen molar-refractivity contribution in [3.05, 3.63) is 12.2 Å². The van der Waals surface area contributed by atoms with Crippen LogP contribution in [0, 0.1) is 0 Å². The van der Waals surface area contributed by atoms with Crippen LogP contribution in [0.1, 0.15) is 25.7 Å². The van der Waals surface area contributed by atoms with Gasteiger partial charge in [-0.15, -0.1) is 0 Å². The summed E-state index contributed by atoms with van der Waals surface area (Å²) in [6, 6.07) is 0.225. The van der Waals surface area contributed by atoms with Gasteiger partial charge in [0.25, 0.3) is 0 Å². The Morgan fingerprint density at radius 3 is 2.93 bits per heavy atom. The Hall–Kier alpha value is -1.23. The first-order valence-electron chi connectivity index (χ1n) is 4.54. The van der Waals surface area contributed by atoms with Crippen molar-refractivity contribution in [3.8, 4) is 0 Å². The molecule has 0 atom stereocenters. The van der Waals surface area contributed by atoms with Gasteiger partial charge in [0.15, 0.2) is 5.78 Å². The molecule has 0 amide bonds. The number of aromatic nitrogens is 3. The number of methoxy groups -OCH3 is 1. The Morgan fingerprint density at radius 2 is 2.36 bits per heavy atom. The van der Waals surface area contributed by atoms with Gasteiger partial charge in [-0.1, -0.05) is 0 Å². The monoisotopic (exact) mass is 197 g/mol. The normalized spacial score (nSPS) is 10.9. The summed E-state index contributed by atoms with van der Waals surface area (Å²) in [6.45, 7) is 4.13. The smallest absolute Gasteiger partial charge is 0.165 e. The van der Waals surface area contributed by atoms with Crippen molar-refractivity contribution in [2.45, 2.75) is 26.3 Å². The zero-order valence-electron chi connectivity index (χ0n) is 8.73. The number of rotatable bonds is 5. The second-order valence-corrected chi connectivity index (χ2v) is 3.36. The van der Waals surface area contributed by atoms with Crippen LogP contribution in [0.2, 0.25) is 0 Å². The molecule has 0 N–H and O–H groups in total. The molecule has 5 heteroatoms. The molecule has 1 aromatic rings. The van der Waals surface area contributed by atoms with E-state index in [2.05, 4.69) is 10.1 Å². The summed E-state index contributed by atoms with van der Waals surface area (Å²) < 4.78 is 6.49. The van der Waals surface area contributed by atoms with Crippen LogP contribution in [0.25, 0.3) is 0 Å². The fourth-order valence-electron chi connectivity index (χ4n) is 1.22. The molecule has 0 aromatic carbocycles. The largest absolute Gasteiger partial charge is 0.377 e. The Kier molecular flexibility index (Phi) is 3.76. The minimum Gasteiger partial charge on any atom is -0.377 e. The highest BCUT2D eigenvalue weighted by atomic mass is 16.5. The number of Topliss-reactive ketones (excluding diaryl/α,β-unsaturated/α-hetero) is 1. The Morgan fingerprint density at radius 1 is 1.64 bits per heavy atom. The van der Waals surface area contributed by atoms with Crippen LogP contribution in [0.3, 0.4) is 0 Å². The zero-order chi connectivity index (χ0) is 10.6. The van der Waals surface area contributed by atoms with E-state index in [0.29, 0.717) is 5.82 Å². The summed E-state index contributed by atoms with van der Waals surface area (Å²) in [4.78, 5) is 15.3.